The van der Waals surface area contributed by atoms with Crippen molar-refractivity contribution in [1.82, 2.24) is 19.7 Å². The average molecular weight is 379 g/mol. The van der Waals surface area contributed by atoms with Gasteiger partial charge in [0.15, 0.2) is 11.0 Å². The molecule has 2 aliphatic rings. The molecule has 1 aromatic carbocycles. The van der Waals surface area contributed by atoms with Crippen LogP contribution in [0, 0.1) is 0 Å². The third-order valence-electron chi connectivity index (χ3n) is 4.59. The Labute approximate surface area is 143 Å². The SMILES string of the molecule is Brc1ccc(-c2nnc3n2CN(C2CCCCC2)CS3)cc1. The quantitative estimate of drug-likeness (QED) is 0.776. The van der Waals surface area contributed by atoms with Crippen LogP contribution in [0.2, 0.25) is 0 Å². The van der Waals surface area contributed by atoms with E-state index >= 15 is 0 Å². The summed E-state index contributed by atoms with van der Waals surface area (Å²) in [4.78, 5) is 2.60. The molecule has 0 amide bonds. The second kappa shape index (κ2) is 6.34. The van der Waals surface area contributed by atoms with Crippen molar-refractivity contribution < 1.29 is 0 Å². The summed E-state index contributed by atoms with van der Waals surface area (Å²) in [6.07, 6.45) is 6.83. The molecule has 1 aliphatic heterocycles. The van der Waals surface area contributed by atoms with E-state index in [0.29, 0.717) is 0 Å². The van der Waals surface area contributed by atoms with Crippen LogP contribution in [0.4, 0.5) is 0 Å². The largest absolute Gasteiger partial charge is 0.288 e. The van der Waals surface area contributed by atoms with Gasteiger partial charge in [-0.15, -0.1) is 10.2 Å². The molecular formula is C16H19BrN4S. The predicted octanol–water partition coefficient (Wildman–Crippen LogP) is 4.36. The van der Waals surface area contributed by atoms with Gasteiger partial charge in [-0.3, -0.25) is 9.47 Å². The number of halogens is 1. The molecule has 1 fully saturated rings. The van der Waals surface area contributed by atoms with Crippen LogP contribution >= 0.6 is 27.7 Å². The van der Waals surface area contributed by atoms with E-state index in [4.69, 9.17) is 0 Å². The fourth-order valence-electron chi connectivity index (χ4n) is 3.37. The molecule has 4 rings (SSSR count). The summed E-state index contributed by atoms with van der Waals surface area (Å²) in [5.74, 6) is 2.03. The molecule has 22 heavy (non-hydrogen) atoms. The highest BCUT2D eigenvalue weighted by molar-refractivity contribution is 9.10. The van der Waals surface area contributed by atoms with Gasteiger partial charge in [0.05, 0.1) is 12.5 Å². The minimum atomic E-state index is 0.731. The van der Waals surface area contributed by atoms with Crippen LogP contribution in [-0.2, 0) is 6.67 Å². The van der Waals surface area contributed by atoms with Crippen molar-refractivity contribution in [2.45, 2.75) is 50.0 Å². The second-order valence-corrected chi connectivity index (χ2v) is 7.86. The fourth-order valence-corrected chi connectivity index (χ4v) is 4.60. The summed E-state index contributed by atoms with van der Waals surface area (Å²) < 4.78 is 3.36. The number of hydrogen-bond donors (Lipinski definition) is 0. The molecule has 2 heterocycles. The molecule has 116 valence electrons. The first-order valence-electron chi connectivity index (χ1n) is 7.87. The average Bonchev–Trinajstić information content (AvgIpc) is 2.99. The summed E-state index contributed by atoms with van der Waals surface area (Å²) in [6.45, 7) is 0.922. The lowest BCUT2D eigenvalue weighted by atomic mass is 9.95. The van der Waals surface area contributed by atoms with Gasteiger partial charge in [0, 0.05) is 16.1 Å². The molecule has 1 aliphatic carbocycles. The summed E-state index contributed by atoms with van der Waals surface area (Å²) in [7, 11) is 0. The third kappa shape index (κ3) is 2.84. The Kier molecular flexibility index (Phi) is 4.24. The lowest BCUT2D eigenvalue weighted by Crippen LogP contribution is -2.40. The van der Waals surface area contributed by atoms with Gasteiger partial charge in [-0.25, -0.2) is 0 Å². The topological polar surface area (TPSA) is 34.0 Å². The Balaban J connectivity index is 1.60. The van der Waals surface area contributed by atoms with Crippen LogP contribution in [0.5, 0.6) is 0 Å². The lowest BCUT2D eigenvalue weighted by Gasteiger charge is -2.36. The van der Waals surface area contributed by atoms with E-state index in [9.17, 15) is 0 Å². The van der Waals surface area contributed by atoms with Gasteiger partial charge in [0.1, 0.15) is 0 Å². The summed E-state index contributed by atoms with van der Waals surface area (Å²) in [6, 6.07) is 9.06. The molecular weight excluding hydrogens is 360 g/mol. The normalized spacial score (nSPS) is 20.0. The second-order valence-electron chi connectivity index (χ2n) is 6.04. The molecule has 0 unspecified atom stereocenters. The predicted molar refractivity (Wildman–Crippen MR) is 92.6 cm³/mol. The fraction of sp³-hybridized carbons (Fsp3) is 0.500. The maximum atomic E-state index is 4.43. The van der Waals surface area contributed by atoms with Crippen LogP contribution in [0.25, 0.3) is 11.4 Å². The van der Waals surface area contributed by atoms with Gasteiger partial charge >= 0.3 is 0 Å². The van der Waals surface area contributed by atoms with Crippen LogP contribution in [0.15, 0.2) is 33.9 Å². The Morgan fingerprint density at radius 1 is 1.05 bits per heavy atom. The van der Waals surface area contributed by atoms with E-state index in [-0.39, 0.29) is 0 Å². The monoisotopic (exact) mass is 378 g/mol. The molecule has 4 nitrogen and oxygen atoms in total. The standard InChI is InChI=1S/C16H19BrN4S/c17-13-8-6-12(7-9-13)15-18-19-16-21(15)10-20(11-22-16)14-4-2-1-3-5-14/h6-9,14H,1-5,10-11H2. The highest BCUT2D eigenvalue weighted by Gasteiger charge is 2.28. The van der Waals surface area contributed by atoms with Gasteiger partial charge in [-0.05, 0) is 25.0 Å². The van der Waals surface area contributed by atoms with Gasteiger partial charge < -0.3 is 0 Å². The maximum Gasteiger partial charge on any atom is 0.193 e. The molecule has 0 atom stereocenters. The number of hydrogen-bond acceptors (Lipinski definition) is 4. The molecule has 2 aromatic rings. The third-order valence-corrected chi connectivity index (χ3v) is 6.14. The van der Waals surface area contributed by atoms with E-state index in [1.165, 1.54) is 32.1 Å². The van der Waals surface area contributed by atoms with Gasteiger partial charge in [-0.2, -0.15) is 0 Å². The molecule has 0 bridgehead atoms. The number of aromatic nitrogens is 3. The lowest BCUT2D eigenvalue weighted by molar-refractivity contribution is 0.135. The number of rotatable bonds is 2. The highest BCUT2D eigenvalue weighted by Crippen LogP contribution is 2.33. The van der Waals surface area contributed by atoms with E-state index in [2.05, 4.69) is 59.9 Å². The number of thioether (sulfide) groups is 1. The van der Waals surface area contributed by atoms with E-state index in [1.54, 1.807) is 0 Å². The van der Waals surface area contributed by atoms with Crippen molar-refractivity contribution in [2.75, 3.05) is 5.88 Å². The Hall–Kier alpha value is -0.850. The van der Waals surface area contributed by atoms with Gasteiger partial charge in [0.2, 0.25) is 0 Å². The van der Waals surface area contributed by atoms with Crippen LogP contribution in [0.3, 0.4) is 0 Å². The van der Waals surface area contributed by atoms with Crippen molar-refractivity contribution in [3.05, 3.63) is 28.7 Å². The zero-order valence-corrected chi connectivity index (χ0v) is 14.8. The van der Waals surface area contributed by atoms with Crippen LogP contribution < -0.4 is 0 Å². The smallest absolute Gasteiger partial charge is 0.193 e. The van der Waals surface area contributed by atoms with E-state index in [0.717, 1.165) is 39.6 Å². The molecule has 1 saturated carbocycles. The minimum absolute atomic E-state index is 0.731. The first-order chi connectivity index (χ1) is 10.8. The molecule has 0 radical (unpaired) electrons. The summed E-state index contributed by atoms with van der Waals surface area (Å²) >= 11 is 5.31. The first kappa shape index (κ1) is 14.7. The Morgan fingerprint density at radius 3 is 2.59 bits per heavy atom. The summed E-state index contributed by atoms with van der Waals surface area (Å²) in [5, 5.41) is 9.85. The zero-order chi connectivity index (χ0) is 14.9. The van der Waals surface area contributed by atoms with E-state index in [1.807, 2.05) is 11.8 Å². The first-order valence-corrected chi connectivity index (χ1v) is 9.65. The maximum absolute atomic E-state index is 4.43. The number of nitrogens with zero attached hydrogens (tertiary/aromatic N) is 4. The molecule has 0 saturated heterocycles. The van der Waals surface area contributed by atoms with Crippen LogP contribution in [0.1, 0.15) is 32.1 Å². The highest BCUT2D eigenvalue weighted by atomic mass is 79.9. The van der Waals surface area contributed by atoms with Gasteiger partial charge in [0.25, 0.3) is 0 Å². The minimum Gasteiger partial charge on any atom is -0.288 e. The summed E-state index contributed by atoms with van der Waals surface area (Å²) in [5.41, 5.74) is 1.13. The van der Waals surface area contributed by atoms with Crippen molar-refractivity contribution in [1.29, 1.82) is 0 Å². The van der Waals surface area contributed by atoms with Crippen molar-refractivity contribution in [3.63, 3.8) is 0 Å². The Bertz CT molecular complexity index is 649. The molecule has 0 N–H and O–H groups in total. The number of fused-ring (bicyclic) bond motifs is 1. The van der Waals surface area contributed by atoms with Crippen molar-refractivity contribution in [3.8, 4) is 11.4 Å². The Morgan fingerprint density at radius 2 is 1.82 bits per heavy atom. The van der Waals surface area contributed by atoms with Crippen molar-refractivity contribution >= 4 is 27.7 Å². The van der Waals surface area contributed by atoms with Crippen molar-refractivity contribution in [2.24, 2.45) is 0 Å². The van der Waals surface area contributed by atoms with E-state index < -0.39 is 0 Å². The zero-order valence-electron chi connectivity index (χ0n) is 12.4. The molecule has 0 spiro atoms. The number of benzene rings is 1. The van der Waals surface area contributed by atoms with Crippen LogP contribution in [-0.4, -0.2) is 31.6 Å². The molecule has 1 aromatic heterocycles. The molecule has 6 heteroatoms. The van der Waals surface area contributed by atoms with Gasteiger partial charge in [-0.1, -0.05) is 59.1 Å².